The maximum atomic E-state index is 6.17. The third-order valence-electron chi connectivity index (χ3n) is 5.26. The highest BCUT2D eigenvalue weighted by Gasteiger charge is 2.36. The van der Waals surface area contributed by atoms with Crippen molar-refractivity contribution in [1.29, 1.82) is 0 Å². The molecule has 1 aliphatic rings. The van der Waals surface area contributed by atoms with E-state index in [0.717, 1.165) is 30.7 Å². The van der Waals surface area contributed by atoms with Crippen molar-refractivity contribution in [2.24, 2.45) is 5.73 Å². The Balaban J connectivity index is 1.51. The lowest BCUT2D eigenvalue weighted by molar-refractivity contribution is 0.0290. The minimum atomic E-state index is 0.0463. The van der Waals surface area contributed by atoms with E-state index in [9.17, 15) is 0 Å². The Morgan fingerprint density at radius 2 is 1.84 bits per heavy atom. The highest BCUT2D eigenvalue weighted by molar-refractivity contribution is 6.30. The Labute approximate surface area is 155 Å². The average molecular weight is 356 g/mol. The molecule has 0 bridgehead atoms. The van der Waals surface area contributed by atoms with E-state index < -0.39 is 0 Å². The molecule has 2 N–H and O–H groups in total. The van der Waals surface area contributed by atoms with Crippen LogP contribution in [-0.2, 0) is 10.2 Å². The molecule has 0 amide bonds. The summed E-state index contributed by atoms with van der Waals surface area (Å²) in [6, 6.07) is 18.5. The summed E-state index contributed by atoms with van der Waals surface area (Å²) in [6.07, 6.45) is 8.72. The molecule has 3 heteroatoms. The molecule has 1 fully saturated rings. The van der Waals surface area contributed by atoms with Crippen molar-refractivity contribution < 1.29 is 4.74 Å². The van der Waals surface area contributed by atoms with Crippen molar-refractivity contribution in [3.8, 4) is 0 Å². The van der Waals surface area contributed by atoms with Gasteiger partial charge in [0.1, 0.15) is 0 Å². The first-order valence-electron chi connectivity index (χ1n) is 9.01. The van der Waals surface area contributed by atoms with Gasteiger partial charge in [-0.1, -0.05) is 66.2 Å². The van der Waals surface area contributed by atoms with Gasteiger partial charge in [0.05, 0.1) is 12.7 Å². The molecule has 132 valence electrons. The molecule has 3 rings (SSSR count). The van der Waals surface area contributed by atoms with E-state index in [4.69, 9.17) is 22.1 Å². The van der Waals surface area contributed by atoms with Gasteiger partial charge < -0.3 is 10.5 Å². The predicted octanol–water partition coefficient (Wildman–Crippen LogP) is 5.21. The number of hydrogen-bond acceptors (Lipinski definition) is 2. The first kappa shape index (κ1) is 18.2. The smallest absolute Gasteiger partial charge is 0.0654 e. The summed E-state index contributed by atoms with van der Waals surface area (Å²) >= 11 is 6.17. The first-order valence-corrected chi connectivity index (χ1v) is 9.39. The van der Waals surface area contributed by atoms with Crippen LogP contribution in [0.2, 0.25) is 5.02 Å². The van der Waals surface area contributed by atoms with Crippen molar-refractivity contribution in [3.63, 3.8) is 0 Å². The number of halogens is 1. The van der Waals surface area contributed by atoms with E-state index in [-0.39, 0.29) is 5.41 Å². The lowest BCUT2D eigenvalue weighted by atomic mass is 9.69. The molecule has 2 nitrogen and oxygen atoms in total. The summed E-state index contributed by atoms with van der Waals surface area (Å²) in [5.41, 5.74) is 8.68. The highest BCUT2D eigenvalue weighted by Crippen LogP contribution is 2.40. The quantitative estimate of drug-likeness (QED) is 0.772. The molecule has 1 saturated carbocycles. The molecule has 0 heterocycles. The summed E-state index contributed by atoms with van der Waals surface area (Å²) in [6.45, 7) is 1.32. The second-order valence-corrected chi connectivity index (χ2v) is 7.28. The fraction of sp³-hybridized carbons (Fsp3) is 0.364. The standard InChI is InChI=1S/C22H26ClNO/c23-20-10-4-9-19(16-20)22(17-24)13-11-21(12-14-22)25-15-5-8-18-6-2-1-3-7-18/h1-10,16,21H,11-15,17,24H2. The van der Waals surface area contributed by atoms with Gasteiger partial charge in [0, 0.05) is 17.0 Å². The van der Waals surface area contributed by atoms with Gasteiger partial charge in [-0.2, -0.15) is 0 Å². The minimum absolute atomic E-state index is 0.0463. The van der Waals surface area contributed by atoms with Gasteiger partial charge in [0.2, 0.25) is 0 Å². The zero-order chi connectivity index (χ0) is 17.5. The van der Waals surface area contributed by atoms with Crippen molar-refractivity contribution >= 4 is 17.7 Å². The highest BCUT2D eigenvalue weighted by atomic mass is 35.5. The van der Waals surface area contributed by atoms with E-state index in [2.05, 4.69) is 36.4 Å². The van der Waals surface area contributed by atoms with Crippen LogP contribution >= 0.6 is 11.6 Å². The summed E-state index contributed by atoms with van der Waals surface area (Å²) in [7, 11) is 0. The summed E-state index contributed by atoms with van der Waals surface area (Å²) in [5, 5.41) is 0.787. The average Bonchev–Trinajstić information content (AvgIpc) is 2.67. The fourth-order valence-corrected chi connectivity index (χ4v) is 3.87. The predicted molar refractivity (Wildman–Crippen MR) is 106 cm³/mol. The van der Waals surface area contributed by atoms with Gasteiger partial charge in [-0.3, -0.25) is 0 Å². The normalized spacial score (nSPS) is 23.8. The molecular formula is C22H26ClNO. The molecule has 0 spiro atoms. The van der Waals surface area contributed by atoms with E-state index in [1.165, 1.54) is 11.1 Å². The van der Waals surface area contributed by atoms with Crippen molar-refractivity contribution in [1.82, 2.24) is 0 Å². The Morgan fingerprint density at radius 1 is 1.08 bits per heavy atom. The zero-order valence-corrected chi connectivity index (χ0v) is 15.3. The molecule has 25 heavy (non-hydrogen) atoms. The molecule has 0 atom stereocenters. The van der Waals surface area contributed by atoms with Crippen molar-refractivity contribution in [2.45, 2.75) is 37.2 Å². The van der Waals surface area contributed by atoms with E-state index in [1.807, 2.05) is 30.3 Å². The molecule has 0 saturated heterocycles. The Kier molecular flexibility index (Phi) is 6.30. The van der Waals surface area contributed by atoms with Crippen LogP contribution < -0.4 is 5.73 Å². The summed E-state index contributed by atoms with van der Waals surface area (Å²) in [5.74, 6) is 0. The fourth-order valence-electron chi connectivity index (χ4n) is 3.68. The molecule has 0 aliphatic heterocycles. The maximum Gasteiger partial charge on any atom is 0.0654 e. The molecule has 0 unspecified atom stereocenters. The van der Waals surface area contributed by atoms with Gasteiger partial charge >= 0.3 is 0 Å². The van der Waals surface area contributed by atoms with Crippen LogP contribution in [0.15, 0.2) is 60.7 Å². The van der Waals surface area contributed by atoms with Gasteiger partial charge in [-0.25, -0.2) is 0 Å². The number of ether oxygens (including phenoxy) is 1. The third kappa shape index (κ3) is 4.72. The van der Waals surface area contributed by atoms with Crippen LogP contribution in [0.5, 0.6) is 0 Å². The molecule has 2 aromatic carbocycles. The number of benzene rings is 2. The Hall–Kier alpha value is -1.61. The number of nitrogens with two attached hydrogens (primary N) is 1. The van der Waals surface area contributed by atoms with Gasteiger partial charge in [0.25, 0.3) is 0 Å². The van der Waals surface area contributed by atoms with Gasteiger partial charge in [-0.15, -0.1) is 0 Å². The van der Waals surface area contributed by atoms with Crippen LogP contribution in [0, 0.1) is 0 Å². The van der Waals surface area contributed by atoms with E-state index in [1.54, 1.807) is 0 Å². The molecule has 1 aliphatic carbocycles. The summed E-state index contributed by atoms with van der Waals surface area (Å²) < 4.78 is 6.05. The third-order valence-corrected chi connectivity index (χ3v) is 5.49. The Bertz CT molecular complexity index is 690. The minimum Gasteiger partial charge on any atom is -0.374 e. The number of rotatable bonds is 6. The molecule has 0 aromatic heterocycles. The summed E-state index contributed by atoms with van der Waals surface area (Å²) in [4.78, 5) is 0. The van der Waals surface area contributed by atoms with Gasteiger partial charge in [-0.05, 0) is 48.9 Å². The largest absolute Gasteiger partial charge is 0.374 e. The molecule has 0 radical (unpaired) electrons. The van der Waals surface area contributed by atoms with Crippen molar-refractivity contribution in [2.75, 3.05) is 13.2 Å². The topological polar surface area (TPSA) is 35.2 Å². The van der Waals surface area contributed by atoms with E-state index in [0.29, 0.717) is 19.3 Å². The first-order chi connectivity index (χ1) is 12.2. The van der Waals surface area contributed by atoms with E-state index >= 15 is 0 Å². The maximum absolute atomic E-state index is 6.17. The second kappa shape index (κ2) is 8.66. The van der Waals surface area contributed by atoms with Crippen LogP contribution in [0.3, 0.4) is 0 Å². The zero-order valence-electron chi connectivity index (χ0n) is 14.5. The van der Waals surface area contributed by atoms with Gasteiger partial charge in [0.15, 0.2) is 0 Å². The van der Waals surface area contributed by atoms with Crippen LogP contribution in [0.25, 0.3) is 6.08 Å². The van der Waals surface area contributed by atoms with Crippen LogP contribution in [0.1, 0.15) is 36.8 Å². The SMILES string of the molecule is NCC1(c2cccc(Cl)c2)CCC(OCC=Cc2ccccc2)CC1. The van der Waals surface area contributed by atoms with Crippen LogP contribution in [-0.4, -0.2) is 19.3 Å². The van der Waals surface area contributed by atoms with Crippen LogP contribution in [0.4, 0.5) is 0 Å². The monoisotopic (exact) mass is 355 g/mol. The number of hydrogen-bond donors (Lipinski definition) is 1. The Morgan fingerprint density at radius 3 is 2.52 bits per heavy atom. The molecular weight excluding hydrogens is 330 g/mol. The lowest BCUT2D eigenvalue weighted by Gasteiger charge is -2.40. The molecule has 2 aromatic rings. The van der Waals surface area contributed by atoms with Crippen molar-refractivity contribution in [3.05, 3.63) is 76.8 Å². The lowest BCUT2D eigenvalue weighted by Crippen LogP contribution is -2.40. The second-order valence-electron chi connectivity index (χ2n) is 6.84.